The van der Waals surface area contributed by atoms with Crippen molar-refractivity contribution < 1.29 is 9.90 Å². The smallest absolute Gasteiger partial charge is 0.404 e. The summed E-state index contributed by atoms with van der Waals surface area (Å²) in [4.78, 5) is 36.4. The van der Waals surface area contributed by atoms with Gasteiger partial charge in [-0.1, -0.05) is 0 Å². The highest BCUT2D eigenvalue weighted by atomic mass is 16.4. The van der Waals surface area contributed by atoms with Crippen LogP contribution in [-0.4, -0.2) is 37.7 Å². The van der Waals surface area contributed by atoms with Gasteiger partial charge in [0.2, 0.25) is 0 Å². The first-order chi connectivity index (χ1) is 9.15. The minimum atomic E-state index is -1.12. The lowest BCUT2D eigenvalue weighted by atomic mass is 10.2. The number of aromatic amines is 1. The quantitative estimate of drug-likeness (QED) is 0.714. The Bertz CT molecular complexity index is 626. The molecule has 0 saturated heterocycles. The first-order valence-electron chi connectivity index (χ1n) is 5.48. The minimum absolute atomic E-state index is 0.172. The summed E-state index contributed by atoms with van der Waals surface area (Å²) >= 11 is 0. The van der Waals surface area contributed by atoms with E-state index in [1.54, 1.807) is 12.3 Å². The normalized spacial score (nSPS) is 10.1. The molecule has 2 aromatic heterocycles. The number of nitrogens with zero attached hydrogens (tertiary/aromatic N) is 3. The van der Waals surface area contributed by atoms with E-state index in [0.29, 0.717) is 23.6 Å². The van der Waals surface area contributed by atoms with Gasteiger partial charge in [-0.05, 0) is 6.07 Å². The van der Waals surface area contributed by atoms with Crippen molar-refractivity contribution in [2.75, 3.05) is 6.54 Å². The molecule has 2 aromatic rings. The van der Waals surface area contributed by atoms with Crippen LogP contribution in [0.15, 0.2) is 29.5 Å². The summed E-state index contributed by atoms with van der Waals surface area (Å²) in [5, 5.41) is 10.7. The van der Waals surface area contributed by atoms with Crippen LogP contribution in [0.5, 0.6) is 0 Å². The lowest BCUT2D eigenvalue weighted by molar-refractivity contribution is 0.194. The van der Waals surface area contributed by atoms with Gasteiger partial charge in [-0.2, -0.15) is 0 Å². The van der Waals surface area contributed by atoms with Gasteiger partial charge < -0.3 is 15.4 Å². The van der Waals surface area contributed by atoms with Gasteiger partial charge in [0, 0.05) is 25.2 Å². The molecular weight excluding hydrogens is 250 g/mol. The number of carbonyl (C=O) groups is 1. The molecule has 19 heavy (non-hydrogen) atoms. The molecule has 0 aliphatic rings. The summed E-state index contributed by atoms with van der Waals surface area (Å²) in [5.41, 5.74) is 0.652. The summed E-state index contributed by atoms with van der Waals surface area (Å²) < 4.78 is 0. The molecule has 0 bridgehead atoms. The van der Waals surface area contributed by atoms with Crippen LogP contribution in [0.1, 0.15) is 5.82 Å². The highest BCUT2D eigenvalue weighted by Gasteiger charge is 2.05. The monoisotopic (exact) mass is 261 g/mol. The molecule has 98 valence electrons. The summed E-state index contributed by atoms with van der Waals surface area (Å²) in [7, 11) is 0. The van der Waals surface area contributed by atoms with Crippen molar-refractivity contribution in [3.63, 3.8) is 0 Å². The van der Waals surface area contributed by atoms with Crippen LogP contribution in [0.25, 0.3) is 11.4 Å². The van der Waals surface area contributed by atoms with Gasteiger partial charge in [-0.3, -0.25) is 4.79 Å². The first kappa shape index (κ1) is 12.7. The van der Waals surface area contributed by atoms with E-state index in [9.17, 15) is 9.59 Å². The van der Waals surface area contributed by atoms with Gasteiger partial charge in [-0.25, -0.2) is 19.7 Å². The van der Waals surface area contributed by atoms with Crippen LogP contribution in [-0.2, 0) is 6.42 Å². The summed E-state index contributed by atoms with van der Waals surface area (Å²) in [6, 6.07) is 2.97. The number of rotatable bonds is 4. The molecule has 0 radical (unpaired) electrons. The molecule has 0 atom stereocenters. The zero-order valence-electron chi connectivity index (χ0n) is 9.83. The molecule has 0 saturated carbocycles. The number of nitrogens with one attached hydrogen (secondary N) is 2. The fourth-order valence-corrected chi connectivity index (χ4v) is 1.49. The third-order valence-corrected chi connectivity index (χ3v) is 2.27. The molecule has 2 rings (SSSR count). The molecule has 8 nitrogen and oxygen atoms in total. The van der Waals surface area contributed by atoms with Crippen molar-refractivity contribution in [1.29, 1.82) is 0 Å². The van der Waals surface area contributed by atoms with Crippen LogP contribution in [0.4, 0.5) is 4.79 Å². The Hall–Kier alpha value is -2.77. The van der Waals surface area contributed by atoms with E-state index in [4.69, 9.17) is 5.11 Å². The minimum Gasteiger partial charge on any atom is -0.465 e. The van der Waals surface area contributed by atoms with E-state index in [-0.39, 0.29) is 12.1 Å². The van der Waals surface area contributed by atoms with E-state index in [2.05, 4.69) is 25.3 Å². The van der Waals surface area contributed by atoms with E-state index < -0.39 is 6.09 Å². The van der Waals surface area contributed by atoms with E-state index in [1.807, 2.05) is 0 Å². The highest BCUT2D eigenvalue weighted by Crippen LogP contribution is 2.09. The Balaban J connectivity index is 2.20. The SMILES string of the molecule is O=C(O)NCCc1nc(-c2ccncn2)cc(=O)[nH]1. The Morgan fingerprint density at radius 2 is 2.26 bits per heavy atom. The Morgan fingerprint density at radius 3 is 2.95 bits per heavy atom. The summed E-state index contributed by atoms with van der Waals surface area (Å²) in [6.07, 6.45) is 2.09. The third kappa shape index (κ3) is 3.60. The maximum Gasteiger partial charge on any atom is 0.404 e. The highest BCUT2D eigenvalue weighted by molar-refractivity contribution is 5.64. The average Bonchev–Trinajstić information content (AvgIpc) is 2.39. The second-order valence-corrected chi connectivity index (χ2v) is 3.65. The molecule has 0 spiro atoms. The molecule has 2 heterocycles. The summed E-state index contributed by atoms with van der Waals surface area (Å²) in [5.74, 6) is 0.398. The van der Waals surface area contributed by atoms with Crippen LogP contribution >= 0.6 is 0 Å². The zero-order chi connectivity index (χ0) is 13.7. The van der Waals surface area contributed by atoms with Gasteiger partial charge >= 0.3 is 6.09 Å². The Morgan fingerprint density at radius 1 is 1.42 bits per heavy atom. The molecule has 0 aliphatic heterocycles. The lowest BCUT2D eigenvalue weighted by Gasteiger charge is -2.03. The Kier molecular flexibility index (Phi) is 3.81. The molecule has 0 aliphatic carbocycles. The molecule has 1 amide bonds. The molecule has 8 heteroatoms. The van der Waals surface area contributed by atoms with Crippen molar-refractivity contribution in [3.8, 4) is 11.4 Å². The number of aromatic nitrogens is 4. The number of amides is 1. The number of H-pyrrole nitrogens is 1. The van der Waals surface area contributed by atoms with Crippen molar-refractivity contribution in [2.45, 2.75) is 6.42 Å². The second-order valence-electron chi connectivity index (χ2n) is 3.65. The van der Waals surface area contributed by atoms with E-state index >= 15 is 0 Å². The van der Waals surface area contributed by atoms with Crippen LogP contribution < -0.4 is 10.9 Å². The Labute approximate surface area is 107 Å². The molecule has 0 fully saturated rings. The van der Waals surface area contributed by atoms with Crippen molar-refractivity contribution in [3.05, 3.63) is 40.8 Å². The largest absolute Gasteiger partial charge is 0.465 e. The van der Waals surface area contributed by atoms with Crippen molar-refractivity contribution >= 4 is 6.09 Å². The zero-order valence-corrected chi connectivity index (χ0v) is 9.83. The molecule has 3 N–H and O–H groups in total. The summed E-state index contributed by atoms with van der Waals surface area (Å²) in [6.45, 7) is 0.172. The van der Waals surface area contributed by atoms with Gasteiger partial charge in [-0.15, -0.1) is 0 Å². The number of hydrogen-bond acceptors (Lipinski definition) is 5. The van der Waals surface area contributed by atoms with Gasteiger partial charge in [0.15, 0.2) is 0 Å². The predicted molar refractivity (Wildman–Crippen MR) is 65.6 cm³/mol. The van der Waals surface area contributed by atoms with Gasteiger partial charge in [0.05, 0.1) is 11.4 Å². The standard InChI is InChI=1S/C11H11N5O3/c17-10-5-8(7-1-3-12-6-14-7)15-9(16-10)2-4-13-11(18)19/h1,3,5-6,13H,2,4H2,(H,18,19)(H,15,16,17). The first-order valence-corrected chi connectivity index (χ1v) is 5.48. The van der Waals surface area contributed by atoms with Crippen molar-refractivity contribution in [1.82, 2.24) is 25.3 Å². The predicted octanol–water partition coefficient (Wildman–Crippen LogP) is 0.0370. The van der Waals surface area contributed by atoms with Gasteiger partial charge in [0.1, 0.15) is 12.2 Å². The topological polar surface area (TPSA) is 121 Å². The fourth-order valence-electron chi connectivity index (χ4n) is 1.49. The lowest BCUT2D eigenvalue weighted by Crippen LogP contribution is -2.24. The van der Waals surface area contributed by atoms with Gasteiger partial charge in [0.25, 0.3) is 5.56 Å². The van der Waals surface area contributed by atoms with E-state index in [0.717, 1.165) is 0 Å². The number of hydrogen-bond donors (Lipinski definition) is 3. The van der Waals surface area contributed by atoms with Crippen LogP contribution in [0.2, 0.25) is 0 Å². The maximum absolute atomic E-state index is 11.5. The maximum atomic E-state index is 11.5. The molecule has 0 unspecified atom stereocenters. The van der Waals surface area contributed by atoms with E-state index in [1.165, 1.54) is 12.4 Å². The molecular formula is C11H11N5O3. The molecule has 0 aromatic carbocycles. The fraction of sp³-hybridized carbons (Fsp3) is 0.182. The third-order valence-electron chi connectivity index (χ3n) is 2.27. The second kappa shape index (κ2) is 5.71. The van der Waals surface area contributed by atoms with Crippen molar-refractivity contribution in [2.24, 2.45) is 0 Å². The van der Waals surface area contributed by atoms with Crippen LogP contribution in [0.3, 0.4) is 0 Å². The van der Waals surface area contributed by atoms with Crippen LogP contribution in [0, 0.1) is 0 Å². The number of carboxylic acid groups (broad SMARTS) is 1. The average molecular weight is 261 g/mol.